The Morgan fingerprint density at radius 2 is 1.36 bits per heavy atom. The Bertz CT molecular complexity index is 945. The molecule has 1 atom stereocenters. The van der Waals surface area contributed by atoms with Crippen molar-refractivity contribution in [3.05, 3.63) is 11.9 Å². The number of carbonyl (C=O) groups is 4. The first kappa shape index (κ1) is 40.1. The molecule has 0 saturated heterocycles. The van der Waals surface area contributed by atoms with Crippen molar-refractivity contribution in [3.8, 4) is 0 Å². The summed E-state index contributed by atoms with van der Waals surface area (Å²) in [5.74, 6) is 0.456. The van der Waals surface area contributed by atoms with Crippen molar-refractivity contribution in [3.63, 3.8) is 0 Å². The summed E-state index contributed by atoms with van der Waals surface area (Å²) in [5, 5.41) is 16.5. The molecule has 0 bridgehead atoms. The third-order valence-corrected chi connectivity index (χ3v) is 6.85. The van der Waals surface area contributed by atoms with Gasteiger partial charge in [0, 0.05) is 45.2 Å². The van der Waals surface area contributed by atoms with E-state index in [0.717, 1.165) is 37.3 Å². The average molecular weight is 641 g/mol. The third kappa shape index (κ3) is 25.0. The monoisotopic (exact) mass is 640 g/mol. The van der Waals surface area contributed by atoms with E-state index in [1.807, 2.05) is 6.20 Å². The van der Waals surface area contributed by atoms with Crippen LogP contribution in [0.25, 0.3) is 0 Å². The SMILES string of the molecule is CCC(C)CCCCNC(=O)COCCOCCNC(=O)COCCOCCNC(=O)CCCCn1cc(CCC(C)=O)nn1. The minimum absolute atomic E-state index is 0.0145. The second kappa shape index (κ2) is 27.4. The quantitative estimate of drug-likeness (QED) is 0.105. The number of aryl methyl sites for hydroxylation is 2. The van der Waals surface area contributed by atoms with Crippen LogP contribution in [0.2, 0.25) is 0 Å². The third-order valence-electron chi connectivity index (χ3n) is 6.85. The minimum atomic E-state index is -0.250. The number of hydrogen-bond donors (Lipinski definition) is 3. The molecule has 45 heavy (non-hydrogen) atoms. The molecule has 0 aromatic carbocycles. The molecule has 14 heteroatoms. The number of ketones is 1. The average Bonchev–Trinajstić information content (AvgIpc) is 3.48. The summed E-state index contributed by atoms with van der Waals surface area (Å²) in [7, 11) is 0. The molecular weight excluding hydrogens is 584 g/mol. The minimum Gasteiger partial charge on any atom is -0.377 e. The van der Waals surface area contributed by atoms with E-state index >= 15 is 0 Å². The molecular formula is C31H56N6O8. The Morgan fingerprint density at radius 3 is 1.98 bits per heavy atom. The van der Waals surface area contributed by atoms with Crippen molar-refractivity contribution >= 4 is 23.5 Å². The smallest absolute Gasteiger partial charge is 0.246 e. The van der Waals surface area contributed by atoms with Crippen molar-refractivity contribution in [2.45, 2.75) is 85.1 Å². The molecule has 1 aromatic rings. The number of unbranched alkanes of at least 4 members (excludes halogenated alkanes) is 2. The van der Waals surface area contributed by atoms with Gasteiger partial charge in [-0.25, -0.2) is 0 Å². The van der Waals surface area contributed by atoms with Crippen LogP contribution in [0.3, 0.4) is 0 Å². The van der Waals surface area contributed by atoms with Gasteiger partial charge in [0.25, 0.3) is 0 Å². The lowest BCUT2D eigenvalue weighted by molar-refractivity contribution is -0.127. The van der Waals surface area contributed by atoms with Crippen molar-refractivity contribution < 1.29 is 38.1 Å². The maximum atomic E-state index is 12.0. The number of ether oxygens (including phenoxy) is 4. The second-order valence-corrected chi connectivity index (χ2v) is 11.0. The number of carbonyl (C=O) groups excluding carboxylic acids is 4. The summed E-state index contributed by atoms with van der Waals surface area (Å²) in [5.41, 5.74) is 0.800. The molecule has 0 aliphatic heterocycles. The maximum absolute atomic E-state index is 12.0. The van der Waals surface area contributed by atoms with Gasteiger partial charge in [-0.2, -0.15) is 0 Å². The summed E-state index contributed by atoms with van der Waals surface area (Å²) in [6.07, 6.45) is 9.32. The standard InChI is InChI=1S/C31H56N6O8/c1-4-26(2)9-5-7-13-32-30(40)24-44-21-20-43-18-15-34-31(41)25-45-22-19-42-17-14-33-29(39)10-6-8-16-37-23-28(35-36-37)12-11-27(3)38/h23,26H,4-22,24-25H2,1-3H3,(H,32,40)(H,33,39)(H,34,41). The first-order valence-electron chi connectivity index (χ1n) is 16.3. The number of nitrogens with zero attached hydrogens (tertiary/aromatic N) is 3. The van der Waals surface area contributed by atoms with E-state index in [4.69, 9.17) is 18.9 Å². The van der Waals surface area contributed by atoms with E-state index < -0.39 is 0 Å². The predicted molar refractivity (Wildman–Crippen MR) is 168 cm³/mol. The summed E-state index contributed by atoms with van der Waals surface area (Å²) in [4.78, 5) is 46.6. The van der Waals surface area contributed by atoms with Gasteiger partial charge >= 0.3 is 0 Å². The fraction of sp³-hybridized carbons (Fsp3) is 0.806. The van der Waals surface area contributed by atoms with Crippen LogP contribution < -0.4 is 16.0 Å². The fourth-order valence-electron chi connectivity index (χ4n) is 3.96. The zero-order chi connectivity index (χ0) is 33.0. The van der Waals surface area contributed by atoms with Crippen molar-refractivity contribution in [2.75, 3.05) is 72.5 Å². The van der Waals surface area contributed by atoms with E-state index in [-0.39, 0.29) is 43.3 Å². The van der Waals surface area contributed by atoms with E-state index in [1.165, 1.54) is 12.8 Å². The Balaban J connectivity index is 1.83. The lowest BCUT2D eigenvalue weighted by atomic mass is 10.0. The highest BCUT2D eigenvalue weighted by Gasteiger charge is 2.06. The lowest BCUT2D eigenvalue weighted by Gasteiger charge is -2.09. The highest BCUT2D eigenvalue weighted by atomic mass is 16.5. The van der Waals surface area contributed by atoms with Crippen LogP contribution in [0.4, 0.5) is 0 Å². The molecule has 0 aliphatic carbocycles. The highest BCUT2D eigenvalue weighted by Crippen LogP contribution is 2.10. The molecule has 0 saturated carbocycles. The zero-order valence-electron chi connectivity index (χ0n) is 27.6. The summed E-state index contributed by atoms with van der Waals surface area (Å²) in [6, 6.07) is 0. The Hall–Kier alpha value is -2.94. The summed E-state index contributed by atoms with van der Waals surface area (Å²) in [6.45, 7) is 9.93. The van der Waals surface area contributed by atoms with Gasteiger partial charge in [-0.3, -0.25) is 19.1 Å². The van der Waals surface area contributed by atoms with E-state index in [2.05, 4.69) is 40.1 Å². The maximum Gasteiger partial charge on any atom is 0.246 e. The zero-order valence-corrected chi connectivity index (χ0v) is 27.6. The van der Waals surface area contributed by atoms with Gasteiger partial charge in [0.1, 0.15) is 19.0 Å². The van der Waals surface area contributed by atoms with Crippen molar-refractivity contribution in [2.24, 2.45) is 5.92 Å². The molecule has 1 unspecified atom stereocenters. The van der Waals surface area contributed by atoms with Crippen LogP contribution in [-0.4, -0.2) is 111 Å². The topological polar surface area (TPSA) is 172 Å². The second-order valence-electron chi connectivity index (χ2n) is 11.0. The highest BCUT2D eigenvalue weighted by molar-refractivity contribution is 5.77. The number of rotatable bonds is 30. The molecule has 0 fully saturated rings. The fourth-order valence-corrected chi connectivity index (χ4v) is 3.96. The Morgan fingerprint density at radius 1 is 0.756 bits per heavy atom. The first-order chi connectivity index (χ1) is 21.8. The number of aromatic nitrogens is 3. The van der Waals surface area contributed by atoms with Crippen LogP contribution >= 0.6 is 0 Å². The molecule has 0 radical (unpaired) electrons. The van der Waals surface area contributed by atoms with Gasteiger partial charge in [-0.15, -0.1) is 5.10 Å². The number of amides is 3. The molecule has 258 valence electrons. The van der Waals surface area contributed by atoms with Gasteiger partial charge in [0.15, 0.2) is 0 Å². The molecule has 0 spiro atoms. The van der Waals surface area contributed by atoms with Crippen LogP contribution in [0, 0.1) is 5.92 Å². The van der Waals surface area contributed by atoms with E-state index in [0.29, 0.717) is 78.5 Å². The van der Waals surface area contributed by atoms with E-state index in [9.17, 15) is 19.2 Å². The summed E-state index contributed by atoms with van der Waals surface area (Å²) < 4.78 is 23.1. The first-order valence-corrected chi connectivity index (χ1v) is 16.3. The number of hydrogen-bond acceptors (Lipinski definition) is 10. The van der Waals surface area contributed by atoms with Crippen molar-refractivity contribution in [1.29, 1.82) is 0 Å². The molecule has 3 N–H and O–H groups in total. The molecule has 1 heterocycles. The molecule has 14 nitrogen and oxygen atoms in total. The Kier molecular flexibility index (Phi) is 24.4. The van der Waals surface area contributed by atoms with Gasteiger partial charge in [0.05, 0.1) is 45.3 Å². The molecule has 3 amide bonds. The van der Waals surface area contributed by atoms with Gasteiger partial charge in [0.2, 0.25) is 17.7 Å². The largest absolute Gasteiger partial charge is 0.377 e. The lowest BCUT2D eigenvalue weighted by Crippen LogP contribution is -2.31. The van der Waals surface area contributed by atoms with Gasteiger partial charge in [-0.05, 0) is 38.5 Å². The van der Waals surface area contributed by atoms with Crippen LogP contribution in [0.1, 0.15) is 77.8 Å². The predicted octanol–water partition coefficient (Wildman–Crippen LogP) is 1.60. The van der Waals surface area contributed by atoms with Crippen molar-refractivity contribution in [1.82, 2.24) is 30.9 Å². The van der Waals surface area contributed by atoms with Crippen LogP contribution in [0.15, 0.2) is 6.20 Å². The number of Topliss-reactive ketones (excluding diaryl/α,β-unsaturated/α-hetero) is 1. The molecule has 1 rings (SSSR count). The number of nitrogens with one attached hydrogen (secondary N) is 3. The van der Waals surface area contributed by atoms with Crippen LogP contribution in [-0.2, 0) is 51.1 Å². The van der Waals surface area contributed by atoms with Crippen LogP contribution in [0.5, 0.6) is 0 Å². The molecule has 1 aromatic heterocycles. The normalized spacial score (nSPS) is 11.7. The van der Waals surface area contributed by atoms with E-state index in [1.54, 1.807) is 11.6 Å². The van der Waals surface area contributed by atoms with Gasteiger partial charge < -0.3 is 39.7 Å². The molecule has 0 aliphatic rings. The summed E-state index contributed by atoms with van der Waals surface area (Å²) >= 11 is 0. The Labute approximate surface area is 268 Å². The van der Waals surface area contributed by atoms with Gasteiger partial charge in [-0.1, -0.05) is 38.3 Å².